The first-order chi connectivity index (χ1) is 14.2. The number of benzene rings is 1. The van der Waals surface area contributed by atoms with Gasteiger partial charge in [-0.2, -0.15) is 0 Å². The zero-order chi connectivity index (χ0) is 19.4. The number of hydrogen-bond acceptors (Lipinski definition) is 4. The fourth-order valence-electron chi connectivity index (χ4n) is 5.83. The molecule has 6 nitrogen and oxygen atoms in total. The van der Waals surface area contributed by atoms with Crippen molar-refractivity contribution >= 4 is 21.9 Å². The van der Waals surface area contributed by atoms with Gasteiger partial charge < -0.3 is 24.7 Å². The topological polar surface area (TPSA) is 54.2 Å². The van der Waals surface area contributed by atoms with Crippen molar-refractivity contribution in [2.45, 2.75) is 25.2 Å². The molecule has 1 aromatic carbocycles. The van der Waals surface area contributed by atoms with Crippen LogP contribution in [-0.2, 0) is 6.42 Å². The van der Waals surface area contributed by atoms with Gasteiger partial charge in [-0.3, -0.25) is 0 Å². The Morgan fingerprint density at radius 1 is 1.03 bits per heavy atom. The third-order valence-electron chi connectivity index (χ3n) is 7.69. The van der Waals surface area contributed by atoms with Crippen LogP contribution in [0.2, 0.25) is 0 Å². The predicted molar refractivity (Wildman–Crippen MR) is 117 cm³/mol. The molecule has 2 N–H and O–H groups in total. The molecule has 0 aliphatic carbocycles. The Morgan fingerprint density at radius 3 is 2.59 bits per heavy atom. The molecule has 0 amide bonds. The van der Waals surface area contributed by atoms with E-state index in [-0.39, 0.29) is 0 Å². The second-order valence-electron chi connectivity index (χ2n) is 9.45. The van der Waals surface area contributed by atoms with Crippen molar-refractivity contribution in [2.24, 2.45) is 5.92 Å². The van der Waals surface area contributed by atoms with Crippen LogP contribution in [-0.4, -0.2) is 89.1 Å². The third kappa shape index (κ3) is 3.18. The molecular formula is C23H32N6. The van der Waals surface area contributed by atoms with E-state index >= 15 is 0 Å². The van der Waals surface area contributed by atoms with Crippen molar-refractivity contribution in [1.82, 2.24) is 29.7 Å². The van der Waals surface area contributed by atoms with Crippen LogP contribution in [0.4, 0.5) is 0 Å². The molecule has 0 saturated carbocycles. The van der Waals surface area contributed by atoms with E-state index in [1.807, 2.05) is 0 Å². The Balaban J connectivity index is 1.29. The minimum absolute atomic E-state index is 0.655. The van der Waals surface area contributed by atoms with Crippen molar-refractivity contribution in [2.75, 3.05) is 59.4 Å². The second kappa shape index (κ2) is 7.11. The highest BCUT2D eigenvalue weighted by molar-refractivity contribution is 6.05. The molecule has 4 aliphatic heterocycles. The van der Waals surface area contributed by atoms with Crippen LogP contribution in [0, 0.1) is 5.92 Å². The van der Waals surface area contributed by atoms with Crippen LogP contribution in [0.1, 0.15) is 30.1 Å². The first kappa shape index (κ1) is 17.9. The van der Waals surface area contributed by atoms with Gasteiger partial charge in [0.2, 0.25) is 0 Å². The summed E-state index contributed by atoms with van der Waals surface area (Å²) in [6, 6.07) is 4.42. The lowest BCUT2D eigenvalue weighted by molar-refractivity contribution is 0.0877. The highest BCUT2D eigenvalue weighted by Crippen LogP contribution is 2.42. The average Bonchev–Trinajstić information content (AvgIpc) is 3.37. The number of aromatic nitrogens is 3. The summed E-state index contributed by atoms with van der Waals surface area (Å²) in [5.41, 5.74) is 5.09. The van der Waals surface area contributed by atoms with Gasteiger partial charge in [0.15, 0.2) is 0 Å². The first-order valence-electron chi connectivity index (χ1n) is 11.4. The van der Waals surface area contributed by atoms with Gasteiger partial charge in [0.25, 0.3) is 0 Å². The molecule has 2 bridgehead atoms. The normalized spacial score (nSPS) is 28.7. The maximum atomic E-state index is 5.10. The van der Waals surface area contributed by atoms with E-state index in [0.717, 1.165) is 24.7 Å². The van der Waals surface area contributed by atoms with E-state index in [9.17, 15) is 0 Å². The second-order valence-corrected chi connectivity index (χ2v) is 9.45. The monoisotopic (exact) mass is 392 g/mol. The summed E-state index contributed by atoms with van der Waals surface area (Å²) >= 11 is 0. The number of H-pyrrole nitrogens is 2. The lowest BCUT2D eigenvalue weighted by Gasteiger charge is -2.44. The highest BCUT2D eigenvalue weighted by Gasteiger charge is 2.36. The van der Waals surface area contributed by atoms with E-state index in [4.69, 9.17) is 4.98 Å². The molecule has 4 aliphatic rings. The average molecular weight is 393 g/mol. The van der Waals surface area contributed by atoms with E-state index in [1.54, 1.807) is 0 Å². The molecule has 6 heterocycles. The van der Waals surface area contributed by atoms with Crippen LogP contribution in [0.5, 0.6) is 0 Å². The van der Waals surface area contributed by atoms with Gasteiger partial charge in [-0.05, 0) is 56.6 Å². The minimum Gasteiger partial charge on any atom is -0.361 e. The van der Waals surface area contributed by atoms with Crippen LogP contribution in [0.15, 0.2) is 18.3 Å². The number of nitrogens with one attached hydrogen (secondary N) is 2. The summed E-state index contributed by atoms with van der Waals surface area (Å²) in [5, 5.41) is 1.36. The van der Waals surface area contributed by atoms with Crippen molar-refractivity contribution < 1.29 is 0 Å². The zero-order valence-electron chi connectivity index (χ0n) is 17.5. The van der Waals surface area contributed by atoms with Crippen LogP contribution >= 0.6 is 0 Å². The molecule has 2 aromatic heterocycles. The van der Waals surface area contributed by atoms with E-state index in [2.05, 4.69) is 50.0 Å². The number of piperazine rings is 1. The molecule has 1 unspecified atom stereocenters. The number of aromatic amines is 2. The number of fused-ring (bicyclic) bond motifs is 6. The van der Waals surface area contributed by atoms with Gasteiger partial charge in [-0.1, -0.05) is 0 Å². The van der Waals surface area contributed by atoms with Crippen molar-refractivity contribution in [1.29, 1.82) is 0 Å². The fourth-order valence-corrected chi connectivity index (χ4v) is 5.83. The van der Waals surface area contributed by atoms with E-state index in [1.165, 1.54) is 86.2 Å². The van der Waals surface area contributed by atoms with Gasteiger partial charge in [-0.15, -0.1) is 0 Å². The summed E-state index contributed by atoms with van der Waals surface area (Å²) in [5.74, 6) is 2.62. The molecule has 0 radical (unpaired) electrons. The predicted octanol–water partition coefficient (Wildman–Crippen LogP) is 2.64. The number of imidazole rings is 1. The molecule has 1 atom stereocenters. The summed E-state index contributed by atoms with van der Waals surface area (Å²) < 4.78 is 0. The number of piperidine rings is 3. The summed E-state index contributed by atoms with van der Waals surface area (Å²) in [7, 11) is 2.21. The Kier molecular flexibility index (Phi) is 4.40. The molecule has 6 heteroatoms. The maximum absolute atomic E-state index is 5.10. The van der Waals surface area contributed by atoms with Gasteiger partial charge in [0.1, 0.15) is 5.82 Å². The third-order valence-corrected chi connectivity index (χ3v) is 7.69. The van der Waals surface area contributed by atoms with Gasteiger partial charge in [0, 0.05) is 68.7 Å². The van der Waals surface area contributed by atoms with Crippen LogP contribution in [0.3, 0.4) is 0 Å². The smallest absolute Gasteiger partial charge is 0.108 e. The number of nitrogens with zero attached hydrogens (tertiary/aromatic N) is 4. The molecule has 154 valence electrons. The molecular weight excluding hydrogens is 360 g/mol. The quantitative estimate of drug-likeness (QED) is 0.717. The van der Waals surface area contributed by atoms with Crippen molar-refractivity contribution in [3.05, 3.63) is 29.7 Å². The summed E-state index contributed by atoms with van der Waals surface area (Å²) in [6.07, 6.45) is 5.98. The van der Waals surface area contributed by atoms with E-state index in [0.29, 0.717) is 5.92 Å². The molecule has 4 saturated heterocycles. The van der Waals surface area contributed by atoms with Crippen LogP contribution < -0.4 is 0 Å². The van der Waals surface area contributed by atoms with E-state index < -0.39 is 0 Å². The standard InChI is InChI=1S/C23H32N6/c1-27-10-12-28(13-11-27)9-6-21-25-20-3-2-19-22(23(20)26-21)17(14-24-19)18-15-29-7-4-16(18)5-8-29/h2-3,14,16,18,24H,4-13,15H2,1H3,(H,25,26). The van der Waals surface area contributed by atoms with Gasteiger partial charge in [0.05, 0.1) is 11.0 Å². The largest absolute Gasteiger partial charge is 0.361 e. The lowest BCUT2D eigenvalue weighted by Crippen LogP contribution is -2.46. The molecule has 3 aromatic rings. The Morgan fingerprint density at radius 2 is 1.83 bits per heavy atom. The molecule has 29 heavy (non-hydrogen) atoms. The Hall–Kier alpha value is -1.89. The number of hydrogen-bond donors (Lipinski definition) is 2. The van der Waals surface area contributed by atoms with Crippen molar-refractivity contribution in [3.63, 3.8) is 0 Å². The van der Waals surface area contributed by atoms with Gasteiger partial charge >= 0.3 is 0 Å². The Bertz CT molecular complexity index is 1000. The number of likely N-dealkylation sites (N-methyl/N-ethyl adjacent to an activating group) is 1. The molecule has 7 rings (SSSR count). The summed E-state index contributed by atoms with van der Waals surface area (Å²) in [6.45, 7) is 9.58. The molecule has 0 spiro atoms. The first-order valence-corrected chi connectivity index (χ1v) is 11.4. The number of rotatable bonds is 4. The minimum atomic E-state index is 0.655. The Labute approximate surface area is 172 Å². The SMILES string of the molecule is CN1CCN(CCc2nc3c(ccc4[nH]cc(C5CN6CCC5CC6)c43)[nH]2)CC1. The molecule has 4 fully saturated rings. The highest BCUT2D eigenvalue weighted by atomic mass is 15.2. The van der Waals surface area contributed by atoms with Crippen LogP contribution in [0.25, 0.3) is 21.9 Å². The summed E-state index contributed by atoms with van der Waals surface area (Å²) in [4.78, 5) is 19.9. The van der Waals surface area contributed by atoms with Crippen molar-refractivity contribution in [3.8, 4) is 0 Å². The van der Waals surface area contributed by atoms with Gasteiger partial charge in [-0.25, -0.2) is 4.98 Å². The lowest BCUT2D eigenvalue weighted by atomic mass is 9.75. The fraction of sp³-hybridized carbons (Fsp3) is 0.609. The maximum Gasteiger partial charge on any atom is 0.108 e. The zero-order valence-corrected chi connectivity index (χ0v) is 17.5.